The van der Waals surface area contributed by atoms with E-state index in [1.165, 1.54) is 24.0 Å². The first-order chi connectivity index (χ1) is 6.27. The Hall–Kier alpha value is -1.02. The highest BCUT2D eigenvalue weighted by molar-refractivity contribution is 5.47. The first-order valence-electron chi connectivity index (χ1n) is 4.86. The summed E-state index contributed by atoms with van der Waals surface area (Å²) in [5.74, 6) is 1.44. The van der Waals surface area contributed by atoms with Crippen molar-refractivity contribution < 1.29 is 5.11 Å². The molecule has 0 aliphatic heterocycles. The van der Waals surface area contributed by atoms with Gasteiger partial charge in [-0.3, -0.25) is 0 Å². The SMILES string of the molecule is N[C@@H]1[C@@H]2CC[C@H]1c1cc(O)ccc12. The van der Waals surface area contributed by atoms with Gasteiger partial charge in [0, 0.05) is 12.0 Å². The first kappa shape index (κ1) is 7.39. The van der Waals surface area contributed by atoms with E-state index in [9.17, 15) is 5.11 Å². The summed E-state index contributed by atoms with van der Waals surface area (Å²) >= 11 is 0. The van der Waals surface area contributed by atoms with Gasteiger partial charge in [0.05, 0.1) is 0 Å². The lowest BCUT2D eigenvalue weighted by atomic mass is 9.92. The minimum atomic E-state index is 0.303. The quantitative estimate of drug-likeness (QED) is 0.630. The fourth-order valence-corrected chi connectivity index (χ4v) is 2.97. The summed E-state index contributed by atoms with van der Waals surface area (Å²) in [5, 5.41) is 9.37. The second-order valence-corrected chi connectivity index (χ2v) is 4.18. The van der Waals surface area contributed by atoms with Crippen LogP contribution in [0.5, 0.6) is 5.75 Å². The van der Waals surface area contributed by atoms with Crippen molar-refractivity contribution in [1.29, 1.82) is 0 Å². The maximum atomic E-state index is 9.37. The minimum Gasteiger partial charge on any atom is -0.508 e. The van der Waals surface area contributed by atoms with Crippen molar-refractivity contribution in [3.63, 3.8) is 0 Å². The summed E-state index contributed by atoms with van der Waals surface area (Å²) in [7, 11) is 0. The Balaban J connectivity index is 2.19. The zero-order valence-electron chi connectivity index (χ0n) is 7.40. The molecule has 2 nitrogen and oxygen atoms in total. The zero-order chi connectivity index (χ0) is 9.00. The molecule has 0 unspecified atom stereocenters. The Bertz CT molecular complexity index is 361. The Morgan fingerprint density at radius 3 is 2.62 bits per heavy atom. The molecule has 1 saturated carbocycles. The van der Waals surface area contributed by atoms with E-state index in [0.717, 1.165) is 0 Å². The molecule has 0 radical (unpaired) electrons. The van der Waals surface area contributed by atoms with Crippen molar-refractivity contribution in [2.24, 2.45) is 5.73 Å². The third-order valence-corrected chi connectivity index (χ3v) is 3.59. The molecule has 0 aromatic heterocycles. The maximum absolute atomic E-state index is 9.37. The van der Waals surface area contributed by atoms with Gasteiger partial charge in [-0.05, 0) is 42.0 Å². The van der Waals surface area contributed by atoms with E-state index >= 15 is 0 Å². The van der Waals surface area contributed by atoms with E-state index in [1.54, 1.807) is 6.07 Å². The van der Waals surface area contributed by atoms with Crippen LogP contribution in [0, 0.1) is 0 Å². The second-order valence-electron chi connectivity index (χ2n) is 4.18. The van der Waals surface area contributed by atoms with Gasteiger partial charge < -0.3 is 10.8 Å². The van der Waals surface area contributed by atoms with Crippen LogP contribution in [0.1, 0.15) is 35.8 Å². The number of aromatic hydroxyl groups is 1. The average molecular weight is 175 g/mol. The van der Waals surface area contributed by atoms with Gasteiger partial charge in [0.25, 0.3) is 0 Å². The average Bonchev–Trinajstić information content (AvgIpc) is 2.59. The lowest BCUT2D eigenvalue weighted by Gasteiger charge is -2.13. The third-order valence-electron chi connectivity index (χ3n) is 3.59. The van der Waals surface area contributed by atoms with Gasteiger partial charge in [-0.15, -0.1) is 0 Å². The number of benzene rings is 1. The predicted octanol–water partition coefficient (Wildman–Crippen LogP) is 1.69. The molecule has 1 aromatic rings. The fraction of sp³-hybridized carbons (Fsp3) is 0.455. The van der Waals surface area contributed by atoms with Gasteiger partial charge in [-0.1, -0.05) is 6.07 Å². The third kappa shape index (κ3) is 0.814. The van der Waals surface area contributed by atoms with Crippen LogP contribution in [0.2, 0.25) is 0 Å². The molecule has 3 atom stereocenters. The zero-order valence-corrected chi connectivity index (χ0v) is 7.40. The van der Waals surface area contributed by atoms with Crippen LogP contribution in [-0.2, 0) is 0 Å². The van der Waals surface area contributed by atoms with E-state index in [0.29, 0.717) is 23.6 Å². The number of fused-ring (bicyclic) bond motifs is 5. The molecule has 2 aliphatic rings. The van der Waals surface area contributed by atoms with E-state index in [1.807, 2.05) is 12.1 Å². The monoisotopic (exact) mass is 175 g/mol. The standard InChI is InChI=1S/C11H13NO/c12-11-8-3-4-9(11)10-5-6(13)1-2-7(8)10/h1-2,5,8-9,11,13H,3-4,12H2/t8-,9+,11-/m1/s1. The molecule has 0 amide bonds. The van der Waals surface area contributed by atoms with Gasteiger partial charge in [0.15, 0.2) is 0 Å². The molecular formula is C11H13NO. The predicted molar refractivity (Wildman–Crippen MR) is 50.8 cm³/mol. The lowest BCUT2D eigenvalue weighted by molar-refractivity contribution is 0.473. The molecule has 1 aromatic carbocycles. The van der Waals surface area contributed by atoms with Crippen molar-refractivity contribution >= 4 is 0 Å². The highest BCUT2D eigenvalue weighted by Gasteiger charge is 2.43. The Kier molecular flexibility index (Phi) is 1.29. The molecule has 68 valence electrons. The number of hydrogen-bond acceptors (Lipinski definition) is 2. The van der Waals surface area contributed by atoms with Crippen LogP contribution in [0.25, 0.3) is 0 Å². The fourth-order valence-electron chi connectivity index (χ4n) is 2.97. The molecule has 0 spiro atoms. The number of nitrogens with two attached hydrogens (primary N) is 1. The molecule has 13 heavy (non-hydrogen) atoms. The number of phenolic OH excluding ortho intramolecular Hbond substituents is 1. The van der Waals surface area contributed by atoms with E-state index in [2.05, 4.69) is 0 Å². The van der Waals surface area contributed by atoms with Crippen LogP contribution < -0.4 is 5.73 Å². The molecule has 3 N–H and O–H groups in total. The van der Waals surface area contributed by atoms with Gasteiger partial charge in [0.1, 0.15) is 5.75 Å². The molecule has 0 heterocycles. The molecule has 2 bridgehead atoms. The minimum absolute atomic E-state index is 0.303. The van der Waals surface area contributed by atoms with Crippen molar-refractivity contribution in [3.05, 3.63) is 29.3 Å². The lowest BCUT2D eigenvalue weighted by Crippen LogP contribution is -2.22. The van der Waals surface area contributed by atoms with Crippen LogP contribution in [-0.4, -0.2) is 11.1 Å². The Morgan fingerprint density at radius 1 is 1.15 bits per heavy atom. The molecule has 1 fully saturated rings. The largest absolute Gasteiger partial charge is 0.508 e. The van der Waals surface area contributed by atoms with E-state index < -0.39 is 0 Å². The molecular weight excluding hydrogens is 162 g/mol. The Morgan fingerprint density at radius 2 is 1.85 bits per heavy atom. The maximum Gasteiger partial charge on any atom is 0.115 e. The van der Waals surface area contributed by atoms with E-state index in [4.69, 9.17) is 5.73 Å². The van der Waals surface area contributed by atoms with Crippen molar-refractivity contribution in [1.82, 2.24) is 0 Å². The first-order valence-corrected chi connectivity index (χ1v) is 4.86. The van der Waals surface area contributed by atoms with Gasteiger partial charge in [-0.2, -0.15) is 0 Å². The van der Waals surface area contributed by atoms with Crippen molar-refractivity contribution in [2.45, 2.75) is 30.7 Å². The normalized spacial score (nSPS) is 35.0. The smallest absolute Gasteiger partial charge is 0.115 e. The van der Waals surface area contributed by atoms with E-state index in [-0.39, 0.29) is 0 Å². The van der Waals surface area contributed by atoms with Gasteiger partial charge in [0.2, 0.25) is 0 Å². The van der Waals surface area contributed by atoms with Crippen LogP contribution >= 0.6 is 0 Å². The molecule has 2 heteroatoms. The summed E-state index contributed by atoms with van der Waals surface area (Å²) in [6.45, 7) is 0. The number of phenols is 1. The molecule has 2 aliphatic carbocycles. The summed E-state index contributed by atoms with van der Waals surface area (Å²) in [5.41, 5.74) is 8.77. The second kappa shape index (κ2) is 2.26. The van der Waals surface area contributed by atoms with Gasteiger partial charge >= 0.3 is 0 Å². The van der Waals surface area contributed by atoms with Crippen LogP contribution in [0.4, 0.5) is 0 Å². The summed E-state index contributed by atoms with van der Waals surface area (Å²) in [6, 6.07) is 6.00. The van der Waals surface area contributed by atoms with Crippen molar-refractivity contribution in [3.8, 4) is 5.75 Å². The van der Waals surface area contributed by atoms with Crippen LogP contribution in [0.3, 0.4) is 0 Å². The number of rotatable bonds is 0. The summed E-state index contributed by atoms with van der Waals surface area (Å²) < 4.78 is 0. The molecule has 3 rings (SSSR count). The summed E-state index contributed by atoms with van der Waals surface area (Å²) in [4.78, 5) is 0. The highest BCUT2D eigenvalue weighted by Crippen LogP contribution is 2.52. The van der Waals surface area contributed by atoms with Crippen molar-refractivity contribution in [2.75, 3.05) is 0 Å². The Labute approximate surface area is 77.4 Å². The topological polar surface area (TPSA) is 46.2 Å². The summed E-state index contributed by atoms with van der Waals surface area (Å²) in [6.07, 6.45) is 2.42. The number of hydrogen-bond donors (Lipinski definition) is 2. The van der Waals surface area contributed by atoms with Crippen LogP contribution in [0.15, 0.2) is 18.2 Å². The highest BCUT2D eigenvalue weighted by atomic mass is 16.3. The van der Waals surface area contributed by atoms with Gasteiger partial charge in [-0.25, -0.2) is 0 Å². The molecule has 0 saturated heterocycles.